The Morgan fingerprint density at radius 3 is 2.53 bits per heavy atom. The van der Waals surface area contributed by atoms with E-state index in [1.807, 2.05) is 6.92 Å². The third kappa shape index (κ3) is 2.60. The minimum atomic E-state index is -0.277. The summed E-state index contributed by atoms with van der Waals surface area (Å²) in [6.45, 7) is 2.02. The minimum Gasteiger partial charge on any atom is -0.506 e. The van der Waals surface area contributed by atoms with E-state index in [0.29, 0.717) is 5.69 Å². The van der Waals surface area contributed by atoms with Gasteiger partial charge in [-0.2, -0.15) is 0 Å². The number of anilines is 1. The molecule has 1 aromatic rings. The van der Waals surface area contributed by atoms with E-state index < -0.39 is 0 Å². The molecule has 0 heterocycles. The summed E-state index contributed by atoms with van der Waals surface area (Å²) >= 11 is 0. The molecule has 0 aliphatic heterocycles. The molecule has 0 aromatic heterocycles. The topological polar surface area (TPSA) is 49.3 Å². The summed E-state index contributed by atoms with van der Waals surface area (Å²) in [4.78, 5) is 12.2. The highest BCUT2D eigenvalue weighted by atomic mass is 16.3. The predicted molar refractivity (Wildman–Crippen MR) is 67.9 cm³/mol. The number of benzene rings is 1. The van der Waals surface area contributed by atoms with Crippen molar-refractivity contribution in [1.29, 1.82) is 0 Å². The maximum Gasteiger partial charge on any atom is 0.230 e. The van der Waals surface area contributed by atoms with Crippen molar-refractivity contribution in [3.05, 3.63) is 24.3 Å². The summed E-state index contributed by atoms with van der Waals surface area (Å²) in [5, 5.41) is 12.5. The second-order valence-corrected chi connectivity index (χ2v) is 5.09. The number of hydrogen-bond donors (Lipinski definition) is 2. The summed E-state index contributed by atoms with van der Waals surface area (Å²) in [5.41, 5.74) is 0.227. The zero-order valence-electron chi connectivity index (χ0n) is 10.2. The zero-order valence-corrected chi connectivity index (χ0v) is 10.2. The van der Waals surface area contributed by atoms with Crippen molar-refractivity contribution < 1.29 is 9.90 Å². The summed E-state index contributed by atoms with van der Waals surface area (Å²) in [6, 6.07) is 6.85. The molecule has 2 N–H and O–H groups in total. The van der Waals surface area contributed by atoms with Crippen LogP contribution in [0.4, 0.5) is 5.69 Å². The van der Waals surface area contributed by atoms with Crippen LogP contribution >= 0.6 is 0 Å². The van der Waals surface area contributed by atoms with Gasteiger partial charge in [-0.25, -0.2) is 0 Å². The molecular formula is C14H19NO2. The fourth-order valence-corrected chi connectivity index (χ4v) is 2.41. The number of aromatic hydroxyl groups is 1. The molecule has 92 valence electrons. The van der Waals surface area contributed by atoms with Gasteiger partial charge in [0.05, 0.1) is 5.69 Å². The largest absolute Gasteiger partial charge is 0.506 e. The van der Waals surface area contributed by atoms with Gasteiger partial charge in [0.2, 0.25) is 5.91 Å². The van der Waals surface area contributed by atoms with Gasteiger partial charge >= 0.3 is 0 Å². The molecule has 0 spiro atoms. The number of carbonyl (C=O) groups is 1. The van der Waals surface area contributed by atoms with Crippen molar-refractivity contribution in [2.24, 2.45) is 5.41 Å². The molecule has 0 unspecified atom stereocenters. The number of carbonyl (C=O) groups excluding carboxylic acids is 1. The van der Waals surface area contributed by atoms with Gasteiger partial charge in [0.25, 0.3) is 0 Å². The van der Waals surface area contributed by atoms with E-state index in [0.717, 1.165) is 25.7 Å². The van der Waals surface area contributed by atoms with Crippen LogP contribution in [0.15, 0.2) is 24.3 Å². The second kappa shape index (κ2) is 4.78. The number of rotatable bonds is 2. The lowest BCUT2D eigenvalue weighted by atomic mass is 9.75. The quantitative estimate of drug-likeness (QED) is 0.770. The summed E-state index contributed by atoms with van der Waals surface area (Å²) in [5.74, 6) is 0.152. The Balaban J connectivity index is 2.08. The van der Waals surface area contributed by atoms with Crippen LogP contribution in [-0.4, -0.2) is 11.0 Å². The maximum absolute atomic E-state index is 12.2. The van der Waals surface area contributed by atoms with E-state index in [9.17, 15) is 9.90 Å². The highest BCUT2D eigenvalue weighted by Gasteiger charge is 2.34. The molecule has 0 saturated heterocycles. The van der Waals surface area contributed by atoms with E-state index in [-0.39, 0.29) is 17.1 Å². The van der Waals surface area contributed by atoms with Crippen molar-refractivity contribution in [2.75, 3.05) is 5.32 Å². The highest BCUT2D eigenvalue weighted by Crippen LogP contribution is 2.37. The predicted octanol–water partition coefficient (Wildman–Crippen LogP) is 3.30. The zero-order chi connectivity index (χ0) is 12.3. The Kier molecular flexibility index (Phi) is 3.36. The first kappa shape index (κ1) is 12.0. The summed E-state index contributed by atoms with van der Waals surface area (Å²) in [7, 11) is 0. The standard InChI is InChI=1S/C14H19NO2/c1-14(9-5-2-6-10-14)13(17)15-11-7-3-4-8-12(11)16/h3-4,7-8,16H,2,5-6,9-10H2,1H3,(H,15,17). The van der Waals surface area contributed by atoms with E-state index in [1.54, 1.807) is 24.3 Å². The molecule has 1 fully saturated rings. The minimum absolute atomic E-state index is 0.0266. The molecule has 0 bridgehead atoms. The second-order valence-electron chi connectivity index (χ2n) is 5.09. The number of para-hydroxylation sites is 2. The Labute approximate surface area is 102 Å². The van der Waals surface area contributed by atoms with Crippen LogP contribution in [-0.2, 0) is 4.79 Å². The van der Waals surface area contributed by atoms with Crippen LogP contribution in [0.1, 0.15) is 39.0 Å². The highest BCUT2D eigenvalue weighted by molar-refractivity contribution is 5.96. The number of phenolic OH excluding ortho intramolecular Hbond substituents is 1. The SMILES string of the molecule is CC1(C(=O)Nc2ccccc2O)CCCCC1. The van der Waals surface area contributed by atoms with Crippen LogP contribution in [0.5, 0.6) is 5.75 Å². The van der Waals surface area contributed by atoms with Crippen molar-refractivity contribution in [3.63, 3.8) is 0 Å². The van der Waals surface area contributed by atoms with Gasteiger partial charge in [0.15, 0.2) is 0 Å². The smallest absolute Gasteiger partial charge is 0.230 e. The normalized spacial score (nSPS) is 18.6. The van der Waals surface area contributed by atoms with Gasteiger partial charge in [-0.3, -0.25) is 4.79 Å². The molecule has 1 aromatic carbocycles. The molecule has 17 heavy (non-hydrogen) atoms. The van der Waals surface area contributed by atoms with Crippen LogP contribution in [0, 0.1) is 5.41 Å². The van der Waals surface area contributed by atoms with Crippen molar-refractivity contribution >= 4 is 11.6 Å². The maximum atomic E-state index is 12.2. The van der Waals surface area contributed by atoms with Gasteiger partial charge < -0.3 is 10.4 Å². The Hall–Kier alpha value is -1.51. The van der Waals surface area contributed by atoms with Gasteiger partial charge in [0, 0.05) is 5.41 Å². The molecule has 2 rings (SSSR count). The third-order valence-electron chi connectivity index (χ3n) is 3.66. The Morgan fingerprint density at radius 1 is 1.24 bits per heavy atom. The first-order chi connectivity index (χ1) is 8.12. The average Bonchev–Trinajstić information content (AvgIpc) is 2.33. The molecule has 0 atom stereocenters. The van der Waals surface area contributed by atoms with Crippen LogP contribution < -0.4 is 5.32 Å². The van der Waals surface area contributed by atoms with Gasteiger partial charge in [0.1, 0.15) is 5.75 Å². The van der Waals surface area contributed by atoms with E-state index in [2.05, 4.69) is 5.32 Å². The van der Waals surface area contributed by atoms with Gasteiger partial charge in [-0.1, -0.05) is 38.3 Å². The molecule has 3 nitrogen and oxygen atoms in total. The van der Waals surface area contributed by atoms with E-state index in [4.69, 9.17) is 0 Å². The molecule has 1 amide bonds. The average molecular weight is 233 g/mol. The number of nitrogens with one attached hydrogen (secondary N) is 1. The van der Waals surface area contributed by atoms with Crippen molar-refractivity contribution in [3.8, 4) is 5.75 Å². The van der Waals surface area contributed by atoms with Crippen LogP contribution in [0.25, 0.3) is 0 Å². The van der Waals surface area contributed by atoms with Gasteiger partial charge in [-0.05, 0) is 25.0 Å². The Bertz CT molecular complexity index is 408. The molecule has 3 heteroatoms. The monoisotopic (exact) mass is 233 g/mol. The van der Waals surface area contributed by atoms with Crippen LogP contribution in [0.2, 0.25) is 0 Å². The van der Waals surface area contributed by atoms with Crippen molar-refractivity contribution in [2.45, 2.75) is 39.0 Å². The number of phenols is 1. The fraction of sp³-hybridized carbons (Fsp3) is 0.500. The molecule has 1 saturated carbocycles. The number of hydrogen-bond acceptors (Lipinski definition) is 2. The molecular weight excluding hydrogens is 214 g/mol. The fourth-order valence-electron chi connectivity index (χ4n) is 2.41. The summed E-state index contributed by atoms with van der Waals surface area (Å²) < 4.78 is 0. The third-order valence-corrected chi connectivity index (χ3v) is 3.66. The number of amides is 1. The van der Waals surface area contributed by atoms with E-state index >= 15 is 0 Å². The lowest BCUT2D eigenvalue weighted by Gasteiger charge is -2.32. The first-order valence-electron chi connectivity index (χ1n) is 6.21. The molecule has 1 aliphatic rings. The lowest BCUT2D eigenvalue weighted by molar-refractivity contribution is -0.126. The lowest BCUT2D eigenvalue weighted by Crippen LogP contribution is -2.35. The first-order valence-corrected chi connectivity index (χ1v) is 6.21. The summed E-state index contributed by atoms with van der Waals surface area (Å²) in [6.07, 6.45) is 5.33. The van der Waals surface area contributed by atoms with Gasteiger partial charge in [-0.15, -0.1) is 0 Å². The van der Waals surface area contributed by atoms with Crippen molar-refractivity contribution in [1.82, 2.24) is 0 Å². The Morgan fingerprint density at radius 2 is 1.88 bits per heavy atom. The van der Waals surface area contributed by atoms with Crippen LogP contribution in [0.3, 0.4) is 0 Å². The molecule has 0 radical (unpaired) electrons. The van der Waals surface area contributed by atoms with E-state index in [1.165, 1.54) is 6.42 Å². The molecule has 1 aliphatic carbocycles.